The minimum Gasteiger partial charge on any atom is -0.379 e. The molecule has 8 rings (SSSR count). The zero-order valence-electron chi connectivity index (χ0n) is 27.7. The quantitative estimate of drug-likeness (QED) is 0.173. The van der Waals surface area contributed by atoms with Gasteiger partial charge in [0.05, 0.1) is 46.6 Å². The first-order valence-corrected chi connectivity index (χ1v) is 18.2. The number of carbonyl (C=O) groups excluding carboxylic acids is 1. The number of hydrogen-bond acceptors (Lipinski definition) is 7. The van der Waals surface area contributed by atoms with Gasteiger partial charge in [0.15, 0.2) is 0 Å². The summed E-state index contributed by atoms with van der Waals surface area (Å²) in [5.74, 6) is -8.05. The van der Waals surface area contributed by atoms with Crippen molar-refractivity contribution in [2.24, 2.45) is 5.92 Å². The van der Waals surface area contributed by atoms with Crippen molar-refractivity contribution in [3.63, 3.8) is 0 Å². The van der Waals surface area contributed by atoms with E-state index in [1.165, 1.54) is 28.6 Å². The van der Waals surface area contributed by atoms with E-state index in [2.05, 4.69) is 10.4 Å². The molecule has 10 nitrogen and oxygen atoms in total. The van der Waals surface area contributed by atoms with Gasteiger partial charge < -0.3 is 10.1 Å². The van der Waals surface area contributed by atoms with E-state index in [4.69, 9.17) is 14.7 Å². The number of morpholine rings is 1. The number of alkyl halides is 4. The number of amides is 1. The largest absolute Gasteiger partial charge is 0.379 e. The summed E-state index contributed by atoms with van der Waals surface area (Å²) in [5.41, 5.74) is -0.128. The predicted octanol–water partition coefficient (Wildman–Crippen LogP) is 6.04. The molecule has 1 aliphatic heterocycles. The number of halogens is 6. The average Bonchev–Trinajstić information content (AvgIpc) is 3.79. The molecule has 5 aromatic rings. The monoisotopic (exact) mass is 756 g/mol. The molecular weight excluding hydrogens is 726 g/mol. The highest BCUT2D eigenvalue weighted by Gasteiger charge is 2.67. The molecule has 0 spiro atoms. The Kier molecular flexibility index (Phi) is 8.77. The maximum atomic E-state index is 15.3. The Bertz CT molecular complexity index is 2330. The van der Waals surface area contributed by atoms with E-state index < -0.39 is 75.7 Å². The standard InChI is InChI=1S/C36H30F6N6O4S/c37-21-13-19(14-22(38)16-21)15-28(43-29(49)18-48-34-30(33(46-48)35(39)40)24-17-25(24)36(34,41)42)32-31(44-26-3-1-2-4-27(26)45-32)20-5-7-23(8-6-20)53(50,51)47-9-11-52-12-10-47/h1-8,13-14,16,24-25,28,35H,9-12,15,17-18H2,(H,43,49)/t24-,25+,28-/m0/s1. The zero-order chi connectivity index (χ0) is 37.2. The lowest BCUT2D eigenvalue weighted by molar-refractivity contribution is -0.123. The van der Waals surface area contributed by atoms with Crippen molar-refractivity contribution in [3.05, 3.63) is 107 Å². The van der Waals surface area contributed by atoms with Gasteiger partial charge in [-0.25, -0.2) is 35.9 Å². The molecule has 1 saturated heterocycles. The third kappa shape index (κ3) is 6.44. The van der Waals surface area contributed by atoms with Crippen LogP contribution < -0.4 is 5.32 Å². The van der Waals surface area contributed by atoms with Crippen molar-refractivity contribution in [3.8, 4) is 11.3 Å². The summed E-state index contributed by atoms with van der Waals surface area (Å²) in [6.07, 6.45) is -3.35. The Morgan fingerprint density at radius 1 is 0.943 bits per heavy atom. The number of rotatable bonds is 10. The van der Waals surface area contributed by atoms with Gasteiger partial charge in [-0.15, -0.1) is 0 Å². The first-order chi connectivity index (χ1) is 25.3. The number of carbonyl (C=O) groups is 1. The molecule has 3 aromatic carbocycles. The molecule has 1 saturated carbocycles. The van der Waals surface area contributed by atoms with Crippen LogP contribution >= 0.6 is 0 Å². The molecular formula is C36H30F6N6O4S. The number of nitrogens with one attached hydrogen (secondary N) is 1. The van der Waals surface area contributed by atoms with Crippen LogP contribution in [0.1, 0.15) is 53.0 Å². The van der Waals surface area contributed by atoms with Crippen LogP contribution in [0, 0.1) is 17.6 Å². The molecule has 0 bridgehead atoms. The number of para-hydroxylation sites is 2. The fourth-order valence-corrected chi connectivity index (χ4v) is 8.73. The number of sulfonamides is 1. The molecule has 53 heavy (non-hydrogen) atoms. The van der Waals surface area contributed by atoms with Gasteiger partial charge in [-0.1, -0.05) is 24.3 Å². The highest BCUT2D eigenvalue weighted by atomic mass is 32.2. The lowest BCUT2D eigenvalue weighted by Gasteiger charge is -2.26. The summed E-state index contributed by atoms with van der Waals surface area (Å²) in [5, 5.41) is 6.45. The van der Waals surface area contributed by atoms with Crippen LogP contribution in [0.5, 0.6) is 0 Å². The van der Waals surface area contributed by atoms with E-state index in [9.17, 15) is 30.8 Å². The summed E-state index contributed by atoms with van der Waals surface area (Å²) in [6.45, 7) is 0.0410. The molecule has 2 aromatic heterocycles. The van der Waals surface area contributed by atoms with Crippen molar-refractivity contribution in [1.82, 2.24) is 29.4 Å². The minimum absolute atomic E-state index is 0.0166. The number of fused-ring (bicyclic) bond motifs is 4. The van der Waals surface area contributed by atoms with E-state index in [0.717, 1.165) is 12.1 Å². The smallest absolute Gasteiger partial charge is 0.293 e. The lowest BCUT2D eigenvalue weighted by Crippen LogP contribution is -2.40. The van der Waals surface area contributed by atoms with Gasteiger partial charge >= 0.3 is 0 Å². The van der Waals surface area contributed by atoms with E-state index in [0.29, 0.717) is 27.3 Å². The Morgan fingerprint density at radius 2 is 1.60 bits per heavy atom. The second kappa shape index (κ2) is 13.2. The van der Waals surface area contributed by atoms with Crippen LogP contribution in [-0.4, -0.2) is 64.7 Å². The van der Waals surface area contributed by atoms with Gasteiger partial charge in [-0.2, -0.15) is 18.2 Å². The Hall–Kier alpha value is -4.87. The first-order valence-electron chi connectivity index (χ1n) is 16.8. The first kappa shape index (κ1) is 35.2. The fraction of sp³-hybridized carbons (Fsp3) is 0.333. The van der Waals surface area contributed by atoms with E-state index >= 15 is 8.78 Å². The summed E-state index contributed by atoms with van der Waals surface area (Å²) >= 11 is 0. The minimum atomic E-state index is -3.85. The van der Waals surface area contributed by atoms with E-state index in [-0.39, 0.29) is 66.6 Å². The SMILES string of the molecule is O=C(Cn1nc(C(F)F)c2c1C(F)(F)[C@@H]1C[C@H]21)N[C@@H](Cc1cc(F)cc(F)c1)c1nc2ccccc2nc1-c1ccc(S(=O)(=O)N2CCOCC2)cc1. The topological polar surface area (TPSA) is 119 Å². The lowest BCUT2D eigenvalue weighted by atomic mass is 9.98. The average molecular weight is 757 g/mol. The summed E-state index contributed by atoms with van der Waals surface area (Å²) < 4.78 is 121. The van der Waals surface area contributed by atoms with Gasteiger partial charge in [0, 0.05) is 36.2 Å². The van der Waals surface area contributed by atoms with Crippen LogP contribution in [-0.2, 0) is 38.4 Å². The number of benzene rings is 3. The molecule has 0 unspecified atom stereocenters. The maximum Gasteiger partial charge on any atom is 0.293 e. The van der Waals surface area contributed by atoms with Crippen LogP contribution in [0.25, 0.3) is 22.3 Å². The van der Waals surface area contributed by atoms with E-state index in [1.54, 1.807) is 24.3 Å². The van der Waals surface area contributed by atoms with Gasteiger partial charge in [-0.05, 0) is 60.7 Å². The Morgan fingerprint density at radius 3 is 2.26 bits per heavy atom. The van der Waals surface area contributed by atoms with Crippen molar-refractivity contribution < 1.29 is 44.3 Å². The van der Waals surface area contributed by atoms with Crippen LogP contribution in [0.4, 0.5) is 26.3 Å². The summed E-state index contributed by atoms with van der Waals surface area (Å²) in [6, 6.07) is 14.2. The normalized spacial score (nSPS) is 20.0. The third-order valence-corrected chi connectivity index (χ3v) is 11.7. The highest BCUT2D eigenvalue weighted by molar-refractivity contribution is 7.89. The van der Waals surface area contributed by atoms with Crippen molar-refractivity contribution in [2.45, 2.75) is 48.6 Å². The number of nitrogens with zero attached hydrogens (tertiary/aromatic N) is 5. The van der Waals surface area contributed by atoms with Gasteiger partial charge in [0.25, 0.3) is 12.3 Å². The fourth-order valence-electron chi connectivity index (χ4n) is 7.32. The third-order valence-electron chi connectivity index (χ3n) is 9.82. The molecule has 3 heterocycles. The maximum absolute atomic E-state index is 15.3. The molecule has 0 radical (unpaired) electrons. The molecule has 1 N–H and O–H groups in total. The predicted molar refractivity (Wildman–Crippen MR) is 177 cm³/mol. The van der Waals surface area contributed by atoms with E-state index in [1.807, 2.05) is 0 Å². The molecule has 3 atom stereocenters. The second-order valence-corrected chi connectivity index (χ2v) is 15.2. The molecule has 276 valence electrons. The van der Waals surface area contributed by atoms with Gasteiger partial charge in [0.1, 0.15) is 29.6 Å². The summed E-state index contributed by atoms with van der Waals surface area (Å²) in [7, 11) is -3.85. The molecule has 17 heteroatoms. The summed E-state index contributed by atoms with van der Waals surface area (Å²) in [4.78, 5) is 23.3. The molecule has 2 aliphatic carbocycles. The Balaban J connectivity index is 1.19. The van der Waals surface area contributed by atoms with Gasteiger partial charge in [0.2, 0.25) is 15.9 Å². The molecule has 1 amide bonds. The molecule has 3 aliphatic rings. The van der Waals surface area contributed by atoms with Crippen molar-refractivity contribution in [1.29, 1.82) is 0 Å². The van der Waals surface area contributed by atoms with Gasteiger partial charge in [-0.3, -0.25) is 9.48 Å². The molecule has 2 fully saturated rings. The number of aromatic nitrogens is 4. The van der Waals surface area contributed by atoms with Crippen LogP contribution in [0.15, 0.2) is 71.6 Å². The number of hydrogen-bond donors (Lipinski definition) is 1. The Labute approximate surface area is 298 Å². The van der Waals surface area contributed by atoms with Crippen LogP contribution in [0.2, 0.25) is 0 Å². The highest BCUT2D eigenvalue weighted by Crippen LogP contribution is 2.68. The number of ether oxygens (including phenoxy) is 1. The van der Waals surface area contributed by atoms with Crippen molar-refractivity contribution >= 4 is 27.0 Å². The zero-order valence-corrected chi connectivity index (χ0v) is 28.5. The van der Waals surface area contributed by atoms with Crippen LogP contribution in [0.3, 0.4) is 0 Å². The van der Waals surface area contributed by atoms with Crippen molar-refractivity contribution in [2.75, 3.05) is 26.3 Å². The second-order valence-electron chi connectivity index (χ2n) is 13.3.